The third kappa shape index (κ3) is 3.44. The summed E-state index contributed by atoms with van der Waals surface area (Å²) < 4.78 is 4.70. The molecule has 0 aromatic heterocycles. The van der Waals surface area contributed by atoms with Crippen LogP contribution in [0.3, 0.4) is 0 Å². The number of alkyl halides is 1. The third-order valence-electron chi connectivity index (χ3n) is 4.63. The normalized spacial score (nSPS) is 19.6. The second-order valence-electron chi connectivity index (χ2n) is 6.14. The van der Waals surface area contributed by atoms with Crippen LogP contribution in [0.25, 0.3) is 0 Å². The molecule has 1 amide bonds. The number of unbranched alkanes of at least 4 members (excludes halogenated alkanes) is 1. The highest BCUT2D eigenvalue weighted by Crippen LogP contribution is 2.53. The molecule has 0 bridgehead atoms. The Kier molecular flexibility index (Phi) is 5.74. The van der Waals surface area contributed by atoms with Crippen molar-refractivity contribution in [3.63, 3.8) is 0 Å². The molecule has 25 heavy (non-hydrogen) atoms. The zero-order valence-electron chi connectivity index (χ0n) is 14.5. The van der Waals surface area contributed by atoms with Crippen LogP contribution < -0.4 is 9.64 Å². The van der Waals surface area contributed by atoms with Crippen LogP contribution in [-0.4, -0.2) is 25.4 Å². The Morgan fingerprint density at radius 2 is 1.84 bits per heavy atom. The van der Waals surface area contributed by atoms with Crippen molar-refractivity contribution >= 4 is 39.3 Å². The first-order valence-electron chi connectivity index (χ1n) is 8.39. The van der Waals surface area contributed by atoms with Gasteiger partial charge < -0.3 is 9.64 Å². The maximum absolute atomic E-state index is 13.4. The number of halogens is 1. The van der Waals surface area contributed by atoms with E-state index < -0.39 is 4.75 Å². The highest BCUT2D eigenvalue weighted by atomic mass is 79.9. The minimum Gasteiger partial charge on any atom is -0.497 e. The zero-order chi connectivity index (χ0) is 17.9. The lowest BCUT2D eigenvalue weighted by atomic mass is 9.90. The van der Waals surface area contributed by atoms with Crippen LogP contribution >= 0.6 is 27.7 Å². The quantitative estimate of drug-likeness (QED) is 0.474. The van der Waals surface area contributed by atoms with Gasteiger partial charge in [-0.25, -0.2) is 0 Å². The molecule has 2 aromatic rings. The Balaban J connectivity index is 2.06. The number of benzene rings is 2. The topological polar surface area (TPSA) is 29.5 Å². The van der Waals surface area contributed by atoms with E-state index in [2.05, 4.69) is 22.0 Å². The number of para-hydroxylation sites is 1. The smallest absolute Gasteiger partial charge is 0.247 e. The molecule has 1 aliphatic heterocycles. The van der Waals surface area contributed by atoms with Crippen LogP contribution in [0.15, 0.2) is 53.4 Å². The Bertz CT molecular complexity index is 750. The first-order valence-corrected chi connectivity index (χ1v) is 10.3. The molecule has 0 saturated heterocycles. The van der Waals surface area contributed by atoms with Crippen molar-refractivity contribution in [3.05, 3.63) is 54.1 Å². The van der Waals surface area contributed by atoms with Crippen LogP contribution in [0.4, 0.5) is 5.69 Å². The van der Waals surface area contributed by atoms with E-state index in [0.717, 1.165) is 46.5 Å². The van der Waals surface area contributed by atoms with Gasteiger partial charge in [0.05, 0.1) is 12.8 Å². The van der Waals surface area contributed by atoms with Crippen molar-refractivity contribution in [2.75, 3.05) is 24.4 Å². The molecule has 132 valence electrons. The van der Waals surface area contributed by atoms with E-state index in [1.807, 2.05) is 54.4 Å². The summed E-state index contributed by atoms with van der Waals surface area (Å²) in [6.45, 7) is 0. The maximum Gasteiger partial charge on any atom is 0.247 e. The highest BCUT2D eigenvalue weighted by molar-refractivity contribution is 9.09. The summed E-state index contributed by atoms with van der Waals surface area (Å²) in [6.07, 6.45) is 2.86. The van der Waals surface area contributed by atoms with Gasteiger partial charge in [0.2, 0.25) is 5.91 Å². The maximum atomic E-state index is 13.4. The number of nitrogens with zero attached hydrogens (tertiary/aromatic N) is 1. The number of likely N-dealkylation sites (N-methyl/N-ethyl adjacent to an activating group) is 1. The molecule has 0 fully saturated rings. The molecule has 3 nitrogen and oxygen atoms in total. The van der Waals surface area contributed by atoms with E-state index in [1.165, 1.54) is 0 Å². The number of hydrogen-bond donors (Lipinski definition) is 0. The predicted molar refractivity (Wildman–Crippen MR) is 108 cm³/mol. The van der Waals surface area contributed by atoms with E-state index in [9.17, 15) is 4.79 Å². The second-order valence-corrected chi connectivity index (χ2v) is 8.27. The number of carbonyl (C=O) groups is 1. The summed E-state index contributed by atoms with van der Waals surface area (Å²) in [7, 11) is 3.54. The summed E-state index contributed by atoms with van der Waals surface area (Å²) in [5, 5.41) is 0.955. The number of fused-ring (bicyclic) bond motifs is 1. The number of rotatable bonds is 6. The lowest BCUT2D eigenvalue weighted by Crippen LogP contribution is -2.46. The number of methoxy groups -OCH3 is 1. The van der Waals surface area contributed by atoms with Gasteiger partial charge in [-0.1, -0.05) is 46.6 Å². The van der Waals surface area contributed by atoms with Crippen LogP contribution in [0.2, 0.25) is 0 Å². The van der Waals surface area contributed by atoms with Gasteiger partial charge in [-0.05, 0) is 42.7 Å². The van der Waals surface area contributed by atoms with Crippen LogP contribution in [0.5, 0.6) is 5.75 Å². The molecule has 1 unspecified atom stereocenters. The molecule has 1 atom stereocenters. The van der Waals surface area contributed by atoms with Gasteiger partial charge in [0.25, 0.3) is 0 Å². The second kappa shape index (κ2) is 7.83. The zero-order valence-corrected chi connectivity index (χ0v) is 16.9. The lowest BCUT2D eigenvalue weighted by Gasteiger charge is -2.41. The molecule has 5 heteroatoms. The van der Waals surface area contributed by atoms with Crippen molar-refractivity contribution in [1.82, 2.24) is 0 Å². The molecule has 0 aliphatic carbocycles. The number of amides is 1. The standard InChI is InChI=1S/C20H22BrNO2S/c1-22-17-7-3-4-8-18(17)25-20(19(22)23,13-5-6-14-21)15-9-11-16(24-2)12-10-15/h3-4,7-12H,5-6,13-14H2,1-2H3. The van der Waals surface area contributed by atoms with Gasteiger partial charge in [-0.2, -0.15) is 0 Å². The number of hydrogen-bond acceptors (Lipinski definition) is 3. The van der Waals surface area contributed by atoms with Gasteiger partial charge in [0.15, 0.2) is 0 Å². The Morgan fingerprint density at radius 1 is 1.12 bits per heavy atom. The average Bonchev–Trinajstić information content (AvgIpc) is 2.66. The molecule has 0 spiro atoms. The van der Waals surface area contributed by atoms with Crippen molar-refractivity contribution in [2.45, 2.75) is 28.9 Å². The summed E-state index contributed by atoms with van der Waals surface area (Å²) >= 11 is 5.19. The Morgan fingerprint density at radius 3 is 2.52 bits per heavy atom. The molecular weight excluding hydrogens is 398 g/mol. The van der Waals surface area contributed by atoms with E-state index in [-0.39, 0.29) is 5.91 Å². The SMILES string of the molecule is COc1ccc(C2(CCCCBr)Sc3ccccc3N(C)C2=O)cc1. The van der Waals surface area contributed by atoms with Crippen molar-refractivity contribution in [1.29, 1.82) is 0 Å². The summed E-state index contributed by atoms with van der Waals surface area (Å²) in [4.78, 5) is 16.4. The molecule has 0 saturated carbocycles. The van der Waals surface area contributed by atoms with Crippen LogP contribution in [0.1, 0.15) is 24.8 Å². The molecule has 1 heterocycles. The van der Waals surface area contributed by atoms with E-state index in [4.69, 9.17) is 4.74 Å². The molecule has 0 radical (unpaired) electrons. The number of thioether (sulfide) groups is 1. The van der Waals surface area contributed by atoms with E-state index in [0.29, 0.717) is 0 Å². The first kappa shape index (κ1) is 18.3. The monoisotopic (exact) mass is 419 g/mol. The van der Waals surface area contributed by atoms with Gasteiger partial charge in [-0.3, -0.25) is 4.79 Å². The summed E-state index contributed by atoms with van der Waals surface area (Å²) in [5.74, 6) is 0.956. The lowest BCUT2D eigenvalue weighted by molar-refractivity contribution is -0.121. The average molecular weight is 420 g/mol. The fourth-order valence-corrected chi connectivity index (χ4v) is 5.20. The van der Waals surface area contributed by atoms with Gasteiger partial charge >= 0.3 is 0 Å². The third-order valence-corrected chi connectivity index (χ3v) is 6.72. The summed E-state index contributed by atoms with van der Waals surface area (Å²) in [5.41, 5.74) is 2.03. The largest absolute Gasteiger partial charge is 0.497 e. The van der Waals surface area contributed by atoms with Crippen molar-refractivity contribution < 1.29 is 9.53 Å². The van der Waals surface area contributed by atoms with Crippen molar-refractivity contribution in [3.8, 4) is 5.75 Å². The molecule has 1 aliphatic rings. The molecule has 0 N–H and O–H groups in total. The number of anilines is 1. The van der Waals surface area contributed by atoms with Crippen molar-refractivity contribution in [2.24, 2.45) is 0 Å². The summed E-state index contributed by atoms with van der Waals surface area (Å²) in [6, 6.07) is 16.1. The van der Waals surface area contributed by atoms with Crippen LogP contribution in [0, 0.1) is 0 Å². The first-order chi connectivity index (χ1) is 12.1. The molecule has 3 rings (SSSR count). The van der Waals surface area contributed by atoms with Gasteiger partial charge in [-0.15, -0.1) is 11.8 Å². The minimum atomic E-state index is -0.586. The Labute approximate surface area is 161 Å². The van der Waals surface area contributed by atoms with Gasteiger partial charge in [0, 0.05) is 17.3 Å². The van der Waals surface area contributed by atoms with E-state index in [1.54, 1.807) is 18.9 Å². The molecular formula is C20H22BrNO2S. The highest BCUT2D eigenvalue weighted by Gasteiger charge is 2.46. The Hall–Kier alpha value is -1.46. The fraction of sp³-hybridized carbons (Fsp3) is 0.350. The minimum absolute atomic E-state index is 0.149. The predicted octanol–water partition coefficient (Wildman–Crippen LogP) is 5.22. The fourth-order valence-electron chi connectivity index (χ4n) is 3.25. The molecule has 2 aromatic carbocycles. The number of carbonyl (C=O) groups excluding carboxylic acids is 1. The van der Waals surface area contributed by atoms with Crippen LogP contribution in [-0.2, 0) is 9.54 Å². The number of ether oxygens (including phenoxy) is 1. The van der Waals surface area contributed by atoms with E-state index >= 15 is 0 Å². The van der Waals surface area contributed by atoms with Gasteiger partial charge in [0.1, 0.15) is 10.5 Å².